The number of benzene rings is 1. The lowest BCUT2D eigenvalue weighted by Gasteiger charge is -2.27. The van der Waals surface area contributed by atoms with Crippen LogP contribution in [0.3, 0.4) is 0 Å². The molecule has 0 bridgehead atoms. The van der Waals surface area contributed by atoms with Crippen molar-refractivity contribution in [2.24, 2.45) is 0 Å². The first-order valence-electron chi connectivity index (χ1n) is 6.54. The van der Waals surface area contributed by atoms with Crippen molar-refractivity contribution in [2.75, 3.05) is 13.2 Å². The Hall–Kier alpha value is -1.05. The quantitative estimate of drug-likeness (QED) is 0.928. The molecule has 0 amide bonds. The Bertz CT molecular complexity index is 577. The molecule has 0 aliphatic carbocycles. The Morgan fingerprint density at radius 3 is 2.60 bits per heavy atom. The summed E-state index contributed by atoms with van der Waals surface area (Å²) in [5.41, 5.74) is 0. The number of sulfonamides is 1. The standard InChI is InChI=1S/C13H17F2NO3S/c14-12-6-5-11(8-13(12)15)20(18,19)16-7-3-1-2-4-10(16)9-17/h5-6,8,10,17H,1-4,7,9H2. The van der Waals surface area contributed by atoms with E-state index in [0.29, 0.717) is 18.9 Å². The third-order valence-electron chi connectivity index (χ3n) is 3.53. The average Bonchev–Trinajstić information content (AvgIpc) is 2.67. The van der Waals surface area contributed by atoms with Crippen molar-refractivity contribution in [2.45, 2.75) is 36.6 Å². The SMILES string of the molecule is O=S(=O)(c1ccc(F)c(F)c1)N1CCCCCC1CO. The van der Waals surface area contributed by atoms with E-state index < -0.39 is 27.7 Å². The van der Waals surface area contributed by atoms with Crippen LogP contribution < -0.4 is 0 Å². The Labute approximate surface area is 117 Å². The van der Waals surface area contributed by atoms with Gasteiger partial charge in [0.15, 0.2) is 11.6 Å². The Morgan fingerprint density at radius 2 is 1.95 bits per heavy atom. The van der Waals surface area contributed by atoms with Gasteiger partial charge in [-0.3, -0.25) is 0 Å². The number of hydrogen-bond acceptors (Lipinski definition) is 3. The zero-order valence-corrected chi connectivity index (χ0v) is 11.7. The highest BCUT2D eigenvalue weighted by Crippen LogP contribution is 2.25. The Kier molecular flexibility index (Phi) is 4.72. The summed E-state index contributed by atoms with van der Waals surface area (Å²) in [7, 11) is -3.92. The molecule has 20 heavy (non-hydrogen) atoms. The molecule has 1 heterocycles. The van der Waals surface area contributed by atoms with Gasteiger partial charge in [-0.05, 0) is 31.0 Å². The first kappa shape index (κ1) is 15.3. The molecule has 1 atom stereocenters. The van der Waals surface area contributed by atoms with E-state index in [1.54, 1.807) is 0 Å². The van der Waals surface area contributed by atoms with Crippen LogP contribution in [0.4, 0.5) is 8.78 Å². The topological polar surface area (TPSA) is 57.6 Å². The van der Waals surface area contributed by atoms with Crippen molar-refractivity contribution in [3.8, 4) is 0 Å². The lowest BCUT2D eigenvalue weighted by molar-refractivity contribution is 0.186. The summed E-state index contributed by atoms with van der Waals surface area (Å²) in [5, 5.41) is 9.36. The van der Waals surface area contributed by atoms with Crippen molar-refractivity contribution >= 4 is 10.0 Å². The van der Waals surface area contributed by atoms with Gasteiger partial charge in [0.05, 0.1) is 11.5 Å². The van der Waals surface area contributed by atoms with Crippen LogP contribution in [0.15, 0.2) is 23.1 Å². The molecule has 0 spiro atoms. The molecule has 2 rings (SSSR count). The molecule has 1 aliphatic heterocycles. The van der Waals surface area contributed by atoms with Crippen molar-refractivity contribution in [3.05, 3.63) is 29.8 Å². The molecule has 1 saturated heterocycles. The molecule has 1 aromatic carbocycles. The highest BCUT2D eigenvalue weighted by atomic mass is 32.2. The lowest BCUT2D eigenvalue weighted by Crippen LogP contribution is -2.42. The van der Waals surface area contributed by atoms with Crippen molar-refractivity contribution in [1.29, 1.82) is 0 Å². The van der Waals surface area contributed by atoms with Gasteiger partial charge in [-0.25, -0.2) is 17.2 Å². The predicted molar refractivity (Wildman–Crippen MR) is 69.6 cm³/mol. The molecular weight excluding hydrogens is 288 g/mol. The van der Waals surface area contributed by atoms with E-state index in [2.05, 4.69) is 0 Å². The summed E-state index contributed by atoms with van der Waals surface area (Å²) in [6.45, 7) is 0.00939. The second-order valence-electron chi connectivity index (χ2n) is 4.88. The zero-order chi connectivity index (χ0) is 14.8. The fourth-order valence-electron chi connectivity index (χ4n) is 2.42. The molecule has 4 nitrogen and oxygen atoms in total. The minimum Gasteiger partial charge on any atom is -0.395 e. The van der Waals surface area contributed by atoms with Gasteiger partial charge < -0.3 is 5.11 Å². The molecule has 0 aromatic heterocycles. The summed E-state index contributed by atoms with van der Waals surface area (Å²) < 4.78 is 52.3. The van der Waals surface area contributed by atoms with E-state index in [1.807, 2.05) is 0 Å². The highest BCUT2D eigenvalue weighted by molar-refractivity contribution is 7.89. The highest BCUT2D eigenvalue weighted by Gasteiger charge is 2.32. The van der Waals surface area contributed by atoms with Crippen molar-refractivity contribution in [1.82, 2.24) is 4.31 Å². The van der Waals surface area contributed by atoms with Gasteiger partial charge in [0.25, 0.3) is 0 Å². The fourth-order valence-corrected chi connectivity index (χ4v) is 4.12. The van der Waals surface area contributed by atoms with E-state index in [9.17, 15) is 22.3 Å². The van der Waals surface area contributed by atoms with Crippen molar-refractivity contribution < 1.29 is 22.3 Å². The van der Waals surface area contributed by atoms with E-state index >= 15 is 0 Å². The maximum absolute atomic E-state index is 13.2. The van der Waals surface area contributed by atoms with Gasteiger partial charge in [0, 0.05) is 12.6 Å². The van der Waals surface area contributed by atoms with Gasteiger partial charge in [-0.15, -0.1) is 0 Å². The average molecular weight is 305 g/mol. The summed E-state index contributed by atoms with van der Waals surface area (Å²) in [6, 6.07) is 2.03. The molecule has 1 aliphatic rings. The van der Waals surface area contributed by atoms with Crippen LogP contribution >= 0.6 is 0 Å². The number of hydrogen-bond donors (Lipinski definition) is 1. The van der Waals surface area contributed by atoms with Crippen LogP contribution in [0.1, 0.15) is 25.7 Å². The number of aliphatic hydroxyl groups is 1. The molecule has 0 saturated carbocycles. The molecule has 1 N–H and O–H groups in total. The summed E-state index contributed by atoms with van der Waals surface area (Å²) in [6.07, 6.45) is 2.99. The summed E-state index contributed by atoms with van der Waals surface area (Å²) in [4.78, 5) is -0.281. The van der Waals surface area contributed by atoms with Crippen LogP contribution in [0.25, 0.3) is 0 Å². The van der Waals surface area contributed by atoms with Gasteiger partial charge >= 0.3 is 0 Å². The van der Waals surface area contributed by atoms with Crippen LogP contribution in [0.2, 0.25) is 0 Å². The third kappa shape index (κ3) is 2.99. The number of nitrogens with zero attached hydrogens (tertiary/aromatic N) is 1. The summed E-state index contributed by atoms with van der Waals surface area (Å²) >= 11 is 0. The molecule has 7 heteroatoms. The van der Waals surface area contributed by atoms with Crippen molar-refractivity contribution in [3.63, 3.8) is 0 Å². The number of aliphatic hydroxyl groups excluding tert-OH is 1. The first-order valence-corrected chi connectivity index (χ1v) is 7.98. The second-order valence-corrected chi connectivity index (χ2v) is 6.77. The minimum absolute atomic E-state index is 0.275. The normalized spacial score (nSPS) is 21.6. The van der Waals surface area contributed by atoms with Crippen LogP contribution in [0, 0.1) is 11.6 Å². The van der Waals surface area contributed by atoms with Crippen LogP contribution in [-0.2, 0) is 10.0 Å². The third-order valence-corrected chi connectivity index (χ3v) is 5.48. The monoisotopic (exact) mass is 305 g/mol. The summed E-state index contributed by atoms with van der Waals surface area (Å²) in [5.74, 6) is -2.28. The molecule has 112 valence electrons. The maximum Gasteiger partial charge on any atom is 0.243 e. The second kappa shape index (κ2) is 6.15. The molecule has 1 aromatic rings. The molecule has 1 unspecified atom stereocenters. The molecule has 1 fully saturated rings. The Balaban J connectivity index is 2.38. The van der Waals surface area contributed by atoms with Crippen LogP contribution in [-0.4, -0.2) is 37.0 Å². The molecule has 0 radical (unpaired) electrons. The first-order chi connectivity index (χ1) is 9.46. The minimum atomic E-state index is -3.92. The number of halogens is 2. The van der Waals surface area contributed by atoms with Gasteiger partial charge in [-0.1, -0.05) is 12.8 Å². The maximum atomic E-state index is 13.2. The van der Waals surface area contributed by atoms with E-state index in [1.165, 1.54) is 4.31 Å². The van der Waals surface area contributed by atoms with E-state index in [0.717, 1.165) is 25.0 Å². The lowest BCUT2D eigenvalue weighted by atomic mass is 10.1. The Morgan fingerprint density at radius 1 is 1.20 bits per heavy atom. The van der Waals surface area contributed by atoms with Gasteiger partial charge in [0.2, 0.25) is 10.0 Å². The zero-order valence-electron chi connectivity index (χ0n) is 10.9. The van der Waals surface area contributed by atoms with Gasteiger partial charge in [-0.2, -0.15) is 4.31 Å². The fraction of sp³-hybridized carbons (Fsp3) is 0.538. The van der Waals surface area contributed by atoms with E-state index in [4.69, 9.17) is 0 Å². The smallest absolute Gasteiger partial charge is 0.243 e. The van der Waals surface area contributed by atoms with E-state index in [-0.39, 0.29) is 18.0 Å². The number of rotatable bonds is 3. The van der Waals surface area contributed by atoms with Gasteiger partial charge in [0.1, 0.15) is 0 Å². The molecular formula is C13H17F2NO3S. The van der Waals surface area contributed by atoms with Crippen LogP contribution in [0.5, 0.6) is 0 Å². The largest absolute Gasteiger partial charge is 0.395 e. The predicted octanol–water partition coefficient (Wildman–Crippen LogP) is 1.89.